The van der Waals surface area contributed by atoms with Gasteiger partial charge in [0.2, 0.25) is 5.91 Å². The number of nitriles is 1. The average Bonchev–Trinajstić information content (AvgIpc) is 3.12. The zero-order chi connectivity index (χ0) is 11.5. The van der Waals surface area contributed by atoms with Crippen LogP contribution >= 0.6 is 0 Å². The highest BCUT2D eigenvalue weighted by molar-refractivity contribution is 5.78. The number of nitrogens with zero attached hydrogens (tertiary/aromatic N) is 3. The van der Waals surface area contributed by atoms with E-state index in [1.165, 1.54) is 0 Å². The van der Waals surface area contributed by atoms with Crippen molar-refractivity contribution < 1.29 is 4.79 Å². The van der Waals surface area contributed by atoms with Crippen LogP contribution in [0.2, 0.25) is 0 Å². The molecule has 0 N–H and O–H groups in total. The van der Waals surface area contributed by atoms with Crippen LogP contribution in [-0.2, 0) is 4.79 Å². The van der Waals surface area contributed by atoms with E-state index in [1.54, 1.807) is 0 Å². The first-order valence-electron chi connectivity index (χ1n) is 6.08. The molecule has 1 saturated carbocycles. The van der Waals surface area contributed by atoms with E-state index in [4.69, 9.17) is 5.26 Å². The third-order valence-corrected chi connectivity index (χ3v) is 3.53. The van der Waals surface area contributed by atoms with Crippen molar-refractivity contribution in [1.82, 2.24) is 9.80 Å². The van der Waals surface area contributed by atoms with Crippen molar-refractivity contribution in [3.63, 3.8) is 0 Å². The lowest BCUT2D eigenvalue weighted by molar-refractivity contribution is -0.131. The summed E-state index contributed by atoms with van der Waals surface area (Å²) in [5.41, 5.74) is 0. The summed E-state index contributed by atoms with van der Waals surface area (Å²) < 4.78 is 0. The lowest BCUT2D eigenvalue weighted by Crippen LogP contribution is -2.43. The average molecular weight is 221 g/mol. The molecule has 1 heterocycles. The maximum absolute atomic E-state index is 11.9. The summed E-state index contributed by atoms with van der Waals surface area (Å²) in [5, 5.41) is 8.88. The Morgan fingerprint density at radius 1 is 1.50 bits per heavy atom. The van der Waals surface area contributed by atoms with Crippen molar-refractivity contribution >= 4 is 5.91 Å². The van der Waals surface area contributed by atoms with Crippen LogP contribution in [0.3, 0.4) is 0 Å². The van der Waals surface area contributed by atoms with Crippen LogP contribution in [0.5, 0.6) is 0 Å². The first-order chi connectivity index (χ1) is 7.70. The smallest absolute Gasteiger partial charge is 0.236 e. The zero-order valence-electron chi connectivity index (χ0n) is 9.85. The number of hydrogen-bond donors (Lipinski definition) is 0. The molecule has 1 aliphatic carbocycles. The molecule has 0 bridgehead atoms. The van der Waals surface area contributed by atoms with Crippen LogP contribution in [0.4, 0.5) is 0 Å². The SMILES string of the molecule is CN(C(=O)CN1CCCC(C#N)C1)C1CC1. The number of carbonyl (C=O) groups is 1. The Hall–Kier alpha value is -1.08. The second-order valence-electron chi connectivity index (χ2n) is 4.94. The van der Waals surface area contributed by atoms with Gasteiger partial charge in [0, 0.05) is 19.6 Å². The van der Waals surface area contributed by atoms with Crippen LogP contribution in [0.15, 0.2) is 0 Å². The molecule has 88 valence electrons. The largest absolute Gasteiger partial charge is 0.342 e. The van der Waals surface area contributed by atoms with Crippen LogP contribution < -0.4 is 0 Å². The Kier molecular flexibility index (Phi) is 3.45. The highest BCUT2D eigenvalue weighted by atomic mass is 16.2. The molecule has 2 aliphatic rings. The monoisotopic (exact) mass is 221 g/mol. The van der Waals surface area contributed by atoms with E-state index in [0.717, 1.165) is 38.8 Å². The lowest BCUT2D eigenvalue weighted by Gasteiger charge is -2.30. The highest BCUT2D eigenvalue weighted by Crippen LogP contribution is 2.25. The molecule has 0 aromatic carbocycles. The summed E-state index contributed by atoms with van der Waals surface area (Å²) in [7, 11) is 1.89. The van der Waals surface area contributed by atoms with Gasteiger partial charge in [0.15, 0.2) is 0 Å². The summed E-state index contributed by atoms with van der Waals surface area (Å²) in [4.78, 5) is 15.9. The molecule has 2 rings (SSSR count). The van der Waals surface area contributed by atoms with Gasteiger partial charge in [-0.05, 0) is 32.2 Å². The molecule has 1 unspecified atom stereocenters. The van der Waals surface area contributed by atoms with Gasteiger partial charge in [-0.1, -0.05) is 0 Å². The van der Waals surface area contributed by atoms with Crippen molar-refractivity contribution in [3.8, 4) is 6.07 Å². The van der Waals surface area contributed by atoms with Crippen molar-refractivity contribution in [2.45, 2.75) is 31.7 Å². The Balaban J connectivity index is 1.79. The Labute approximate surface area is 96.8 Å². The fourth-order valence-electron chi connectivity index (χ4n) is 2.27. The number of piperidine rings is 1. The Bertz CT molecular complexity index is 306. The molecular formula is C12H19N3O. The van der Waals surface area contributed by atoms with E-state index < -0.39 is 0 Å². The number of amides is 1. The number of likely N-dealkylation sites (N-methyl/N-ethyl adjacent to an activating group) is 1. The molecule has 1 aliphatic heterocycles. The molecular weight excluding hydrogens is 202 g/mol. The molecule has 4 heteroatoms. The van der Waals surface area contributed by atoms with E-state index in [-0.39, 0.29) is 11.8 Å². The number of hydrogen-bond acceptors (Lipinski definition) is 3. The van der Waals surface area contributed by atoms with E-state index in [0.29, 0.717) is 12.6 Å². The van der Waals surface area contributed by atoms with E-state index in [2.05, 4.69) is 11.0 Å². The summed E-state index contributed by atoms with van der Waals surface area (Å²) in [6.45, 7) is 2.22. The van der Waals surface area contributed by atoms with Gasteiger partial charge in [0.1, 0.15) is 0 Å². The minimum Gasteiger partial charge on any atom is -0.342 e. The van der Waals surface area contributed by atoms with E-state index in [9.17, 15) is 4.79 Å². The summed E-state index contributed by atoms with van der Waals surface area (Å²) in [5.74, 6) is 0.328. The molecule has 0 radical (unpaired) electrons. The Morgan fingerprint density at radius 2 is 2.25 bits per heavy atom. The van der Waals surface area contributed by atoms with Gasteiger partial charge in [-0.2, -0.15) is 5.26 Å². The van der Waals surface area contributed by atoms with Crippen molar-refractivity contribution in [2.75, 3.05) is 26.7 Å². The van der Waals surface area contributed by atoms with Crippen molar-refractivity contribution in [3.05, 3.63) is 0 Å². The molecule has 1 amide bonds. The summed E-state index contributed by atoms with van der Waals surface area (Å²) >= 11 is 0. The van der Waals surface area contributed by atoms with Gasteiger partial charge in [-0.3, -0.25) is 9.69 Å². The second-order valence-corrected chi connectivity index (χ2v) is 4.94. The molecule has 0 aromatic rings. The van der Waals surface area contributed by atoms with Gasteiger partial charge in [-0.25, -0.2) is 0 Å². The maximum atomic E-state index is 11.9. The van der Waals surface area contributed by atoms with Crippen molar-refractivity contribution in [1.29, 1.82) is 5.26 Å². The fraction of sp³-hybridized carbons (Fsp3) is 0.833. The first-order valence-corrected chi connectivity index (χ1v) is 6.08. The maximum Gasteiger partial charge on any atom is 0.236 e. The predicted octanol–water partition coefficient (Wildman–Crippen LogP) is 0.843. The molecule has 1 atom stereocenters. The van der Waals surface area contributed by atoms with Gasteiger partial charge >= 0.3 is 0 Å². The number of rotatable bonds is 3. The quantitative estimate of drug-likeness (QED) is 0.709. The lowest BCUT2D eigenvalue weighted by atomic mass is 10.00. The predicted molar refractivity (Wildman–Crippen MR) is 60.6 cm³/mol. The standard InChI is InChI=1S/C12H19N3O/c1-14(11-4-5-11)12(16)9-15-6-2-3-10(7-13)8-15/h10-11H,2-6,8-9H2,1H3. The number of carbonyl (C=O) groups excluding carboxylic acids is 1. The second kappa shape index (κ2) is 4.84. The van der Waals surface area contributed by atoms with Crippen LogP contribution in [0.25, 0.3) is 0 Å². The third-order valence-electron chi connectivity index (χ3n) is 3.53. The molecule has 0 aromatic heterocycles. The van der Waals surface area contributed by atoms with Crippen LogP contribution in [0, 0.1) is 17.2 Å². The molecule has 16 heavy (non-hydrogen) atoms. The van der Waals surface area contributed by atoms with Crippen LogP contribution in [-0.4, -0.2) is 48.4 Å². The van der Waals surface area contributed by atoms with Gasteiger partial charge in [0.25, 0.3) is 0 Å². The summed E-state index contributed by atoms with van der Waals surface area (Å²) in [6.07, 6.45) is 4.34. The molecule has 0 spiro atoms. The number of likely N-dealkylation sites (tertiary alicyclic amines) is 1. The van der Waals surface area contributed by atoms with Crippen molar-refractivity contribution in [2.24, 2.45) is 5.92 Å². The van der Waals surface area contributed by atoms with Crippen LogP contribution in [0.1, 0.15) is 25.7 Å². The molecule has 4 nitrogen and oxygen atoms in total. The topological polar surface area (TPSA) is 47.3 Å². The first kappa shape index (κ1) is 11.4. The highest BCUT2D eigenvalue weighted by Gasteiger charge is 2.30. The minimum atomic E-state index is 0.118. The van der Waals surface area contributed by atoms with Gasteiger partial charge < -0.3 is 4.90 Å². The van der Waals surface area contributed by atoms with Gasteiger partial charge in [-0.15, -0.1) is 0 Å². The third kappa shape index (κ3) is 2.73. The normalized spacial score (nSPS) is 26.1. The van der Waals surface area contributed by atoms with E-state index >= 15 is 0 Å². The van der Waals surface area contributed by atoms with E-state index in [1.807, 2.05) is 11.9 Å². The molecule has 1 saturated heterocycles. The van der Waals surface area contributed by atoms with Gasteiger partial charge in [0.05, 0.1) is 18.5 Å². The Morgan fingerprint density at radius 3 is 2.88 bits per heavy atom. The summed E-state index contributed by atoms with van der Waals surface area (Å²) in [6, 6.07) is 2.79. The molecule has 2 fully saturated rings. The minimum absolute atomic E-state index is 0.118. The fourth-order valence-corrected chi connectivity index (χ4v) is 2.27. The zero-order valence-corrected chi connectivity index (χ0v) is 9.85.